The summed E-state index contributed by atoms with van der Waals surface area (Å²) in [4.78, 5) is 14.6. The van der Waals surface area contributed by atoms with Gasteiger partial charge in [0.05, 0.1) is 22.1 Å². The Morgan fingerprint density at radius 3 is 2.33 bits per heavy atom. The zero-order valence-electron chi connectivity index (χ0n) is 14.6. The zero-order chi connectivity index (χ0) is 17.3. The Morgan fingerprint density at radius 1 is 1.17 bits per heavy atom. The van der Waals surface area contributed by atoms with Crippen molar-refractivity contribution in [3.05, 3.63) is 46.2 Å². The van der Waals surface area contributed by atoms with Gasteiger partial charge in [-0.1, -0.05) is 30.9 Å². The summed E-state index contributed by atoms with van der Waals surface area (Å²) in [7, 11) is 1.92. The number of aromatic nitrogens is 2. The summed E-state index contributed by atoms with van der Waals surface area (Å²) in [5.41, 5.74) is 3.36. The predicted octanol–water partition coefficient (Wildman–Crippen LogP) is 4.55. The molecule has 1 fully saturated rings. The third-order valence-corrected chi connectivity index (χ3v) is 5.55. The van der Waals surface area contributed by atoms with Gasteiger partial charge in [-0.3, -0.25) is 4.79 Å². The van der Waals surface area contributed by atoms with Gasteiger partial charge in [0.1, 0.15) is 0 Å². The molecule has 0 aliphatic heterocycles. The molecule has 1 heterocycles. The first kappa shape index (κ1) is 17.0. The Kier molecular flexibility index (Phi) is 4.95. The van der Waals surface area contributed by atoms with Crippen LogP contribution >= 0.6 is 11.6 Å². The molecule has 1 aliphatic carbocycles. The van der Waals surface area contributed by atoms with Gasteiger partial charge in [0.25, 0.3) is 5.91 Å². The lowest BCUT2D eigenvalue weighted by atomic mass is 9.94. The van der Waals surface area contributed by atoms with E-state index in [1.165, 1.54) is 19.3 Å². The molecule has 0 unspecified atom stereocenters. The lowest BCUT2D eigenvalue weighted by molar-refractivity contribution is 0.0696. The molecule has 1 saturated carbocycles. The number of carbonyl (C=O) groups excluding carboxylic acids is 1. The van der Waals surface area contributed by atoms with Gasteiger partial charge < -0.3 is 4.90 Å². The van der Waals surface area contributed by atoms with Crippen LogP contribution in [0.15, 0.2) is 24.3 Å². The second-order valence-electron chi connectivity index (χ2n) is 6.65. The second kappa shape index (κ2) is 6.98. The topological polar surface area (TPSA) is 38.1 Å². The fraction of sp³-hybridized carbons (Fsp3) is 0.474. The number of hydrogen-bond acceptors (Lipinski definition) is 2. The van der Waals surface area contributed by atoms with Crippen molar-refractivity contribution in [2.75, 3.05) is 7.05 Å². The van der Waals surface area contributed by atoms with E-state index < -0.39 is 0 Å². The summed E-state index contributed by atoms with van der Waals surface area (Å²) in [6, 6.07) is 7.98. The van der Waals surface area contributed by atoms with Gasteiger partial charge in [0, 0.05) is 18.7 Å². The van der Waals surface area contributed by atoms with Crippen molar-refractivity contribution in [2.24, 2.45) is 0 Å². The molecular weight excluding hydrogens is 322 g/mol. The molecular formula is C19H24ClN3O. The van der Waals surface area contributed by atoms with Crippen LogP contribution in [0, 0.1) is 13.8 Å². The molecule has 1 aliphatic rings. The van der Waals surface area contributed by atoms with Gasteiger partial charge in [-0.2, -0.15) is 5.10 Å². The van der Waals surface area contributed by atoms with E-state index in [2.05, 4.69) is 5.10 Å². The fourth-order valence-electron chi connectivity index (χ4n) is 3.46. The normalized spacial score (nSPS) is 15.5. The average molecular weight is 346 g/mol. The second-order valence-corrected chi connectivity index (χ2v) is 7.03. The maximum atomic E-state index is 12.7. The highest BCUT2D eigenvalue weighted by Gasteiger charge is 2.23. The molecule has 2 aromatic rings. The van der Waals surface area contributed by atoms with Crippen LogP contribution in [0.1, 0.15) is 53.8 Å². The Hall–Kier alpha value is -1.81. The standard InChI is InChI=1S/C19H24ClN3O/c1-13-18(20)14(2)23(21-13)17-11-9-15(10-12-17)19(24)22(3)16-7-5-4-6-8-16/h9-12,16H,4-8H2,1-3H3. The lowest BCUT2D eigenvalue weighted by Crippen LogP contribution is -2.38. The van der Waals surface area contributed by atoms with Crippen molar-refractivity contribution in [2.45, 2.75) is 52.0 Å². The van der Waals surface area contributed by atoms with Crippen molar-refractivity contribution in [1.29, 1.82) is 0 Å². The highest BCUT2D eigenvalue weighted by molar-refractivity contribution is 6.31. The van der Waals surface area contributed by atoms with Gasteiger partial charge in [-0.05, 0) is 51.0 Å². The molecule has 5 heteroatoms. The van der Waals surface area contributed by atoms with Crippen molar-refractivity contribution in [3.63, 3.8) is 0 Å². The molecule has 0 spiro atoms. The quantitative estimate of drug-likeness (QED) is 0.818. The van der Waals surface area contributed by atoms with Gasteiger partial charge >= 0.3 is 0 Å². The van der Waals surface area contributed by atoms with Crippen LogP contribution in [-0.4, -0.2) is 33.7 Å². The fourth-order valence-corrected chi connectivity index (χ4v) is 3.58. The highest BCUT2D eigenvalue weighted by atomic mass is 35.5. The van der Waals surface area contributed by atoms with Crippen molar-refractivity contribution >= 4 is 17.5 Å². The Bertz CT molecular complexity index is 730. The molecule has 3 rings (SSSR count). The molecule has 0 atom stereocenters. The first-order valence-corrected chi connectivity index (χ1v) is 8.96. The van der Waals surface area contributed by atoms with Crippen LogP contribution in [0.25, 0.3) is 5.69 Å². The average Bonchev–Trinajstić information content (AvgIpc) is 2.89. The molecule has 1 aromatic heterocycles. The lowest BCUT2D eigenvalue weighted by Gasteiger charge is -2.31. The van der Waals surface area contributed by atoms with Crippen LogP contribution in [0.3, 0.4) is 0 Å². The van der Waals surface area contributed by atoms with Crippen molar-refractivity contribution in [3.8, 4) is 5.69 Å². The Morgan fingerprint density at radius 2 is 1.79 bits per heavy atom. The minimum absolute atomic E-state index is 0.0971. The van der Waals surface area contributed by atoms with Gasteiger partial charge in [-0.15, -0.1) is 0 Å². The van der Waals surface area contributed by atoms with E-state index in [9.17, 15) is 4.79 Å². The molecule has 0 saturated heterocycles. The van der Waals surface area contributed by atoms with E-state index in [1.807, 2.05) is 54.7 Å². The summed E-state index contributed by atoms with van der Waals surface area (Å²) in [5, 5.41) is 5.14. The summed E-state index contributed by atoms with van der Waals surface area (Å²) in [5.74, 6) is 0.0971. The number of rotatable bonds is 3. The van der Waals surface area contributed by atoms with Crippen LogP contribution in [0.4, 0.5) is 0 Å². The molecule has 0 bridgehead atoms. The number of benzene rings is 1. The summed E-state index contributed by atoms with van der Waals surface area (Å²) >= 11 is 6.21. The SMILES string of the molecule is Cc1nn(-c2ccc(C(=O)N(C)C3CCCCC3)cc2)c(C)c1Cl. The highest BCUT2D eigenvalue weighted by Crippen LogP contribution is 2.24. The third-order valence-electron chi connectivity index (χ3n) is 5.00. The van der Waals surface area contributed by atoms with E-state index in [0.717, 1.165) is 35.5 Å². The monoisotopic (exact) mass is 345 g/mol. The minimum atomic E-state index is 0.0971. The molecule has 24 heavy (non-hydrogen) atoms. The number of aryl methyl sites for hydroxylation is 1. The number of amides is 1. The smallest absolute Gasteiger partial charge is 0.253 e. The summed E-state index contributed by atoms with van der Waals surface area (Å²) < 4.78 is 1.82. The number of halogens is 1. The first-order valence-electron chi connectivity index (χ1n) is 8.58. The molecule has 0 radical (unpaired) electrons. The number of carbonyl (C=O) groups is 1. The number of hydrogen-bond donors (Lipinski definition) is 0. The Labute approximate surface area is 148 Å². The molecule has 1 aromatic carbocycles. The van der Waals surface area contributed by atoms with Crippen molar-refractivity contribution < 1.29 is 4.79 Å². The molecule has 4 nitrogen and oxygen atoms in total. The Balaban J connectivity index is 1.78. The van der Waals surface area contributed by atoms with Crippen molar-refractivity contribution in [1.82, 2.24) is 14.7 Å². The number of nitrogens with zero attached hydrogens (tertiary/aromatic N) is 3. The van der Waals surface area contributed by atoms with E-state index in [0.29, 0.717) is 11.1 Å². The van der Waals surface area contributed by atoms with E-state index in [-0.39, 0.29) is 5.91 Å². The summed E-state index contributed by atoms with van der Waals surface area (Å²) in [6.45, 7) is 3.83. The van der Waals surface area contributed by atoms with Gasteiger partial charge in [0.2, 0.25) is 0 Å². The predicted molar refractivity (Wildman–Crippen MR) is 97.0 cm³/mol. The first-order chi connectivity index (χ1) is 11.5. The van der Waals surface area contributed by atoms with E-state index in [4.69, 9.17) is 11.6 Å². The maximum Gasteiger partial charge on any atom is 0.253 e. The molecule has 1 amide bonds. The van der Waals surface area contributed by atoms with Crippen LogP contribution in [0.5, 0.6) is 0 Å². The third kappa shape index (κ3) is 3.20. The zero-order valence-corrected chi connectivity index (χ0v) is 15.3. The van der Waals surface area contributed by atoms with Gasteiger partial charge in [0.15, 0.2) is 0 Å². The van der Waals surface area contributed by atoms with E-state index in [1.54, 1.807) is 0 Å². The largest absolute Gasteiger partial charge is 0.339 e. The van der Waals surface area contributed by atoms with Crippen LogP contribution in [-0.2, 0) is 0 Å². The van der Waals surface area contributed by atoms with Crippen LogP contribution < -0.4 is 0 Å². The minimum Gasteiger partial charge on any atom is -0.339 e. The maximum absolute atomic E-state index is 12.7. The van der Waals surface area contributed by atoms with Gasteiger partial charge in [-0.25, -0.2) is 4.68 Å². The van der Waals surface area contributed by atoms with E-state index >= 15 is 0 Å². The molecule has 0 N–H and O–H groups in total. The summed E-state index contributed by atoms with van der Waals surface area (Å²) in [6.07, 6.45) is 5.97. The van der Waals surface area contributed by atoms with Crippen LogP contribution in [0.2, 0.25) is 5.02 Å². The molecule has 128 valence electrons.